The van der Waals surface area contributed by atoms with Crippen molar-refractivity contribution in [2.24, 2.45) is 16.6 Å². The molecule has 0 spiro atoms. The number of sulfonamides is 1. The molecule has 1 aromatic heterocycles. The quantitative estimate of drug-likeness (QED) is 0.0237. The molecule has 2 heterocycles. The molecule has 27 heteroatoms. The van der Waals surface area contributed by atoms with Crippen molar-refractivity contribution in [3.63, 3.8) is 0 Å². The minimum atomic E-state index is -3.35. The van der Waals surface area contributed by atoms with Crippen molar-refractivity contribution in [3.05, 3.63) is 50.7 Å². The second-order valence-corrected chi connectivity index (χ2v) is 21.7. The van der Waals surface area contributed by atoms with E-state index >= 15 is 0 Å². The summed E-state index contributed by atoms with van der Waals surface area (Å²) in [5.74, 6) is -9.24. The predicted molar refractivity (Wildman–Crippen MR) is 296 cm³/mol. The third-order valence-corrected chi connectivity index (χ3v) is 14.1. The first-order chi connectivity index (χ1) is 39.1. The molecule has 0 aliphatic carbocycles. The standard InChI is InChI=1S/C54H85F4N5O16S2/c1-4-14-63(15-8-13-61-81(67,68)40-41(2)3)54(66)42-36-47-46(62-48(59)37-42)38-43(80-47)9-6-5-7-12-60-49(64)10-16-69-18-20-71-22-24-73-26-28-75-30-32-77-34-35-78-33-31-76-29-27-74-25-23-72-21-19-70-17-11-50(65)79-53-51(57)44(55)39-45(56)52(53)58/h36,38-39,41,61H,4-35,37,40H2,1-3H3,(H2,59,62)(H,60,64). The second-order valence-electron chi connectivity index (χ2n) is 18.7. The number of unbranched alkanes of at least 4 members (excludes halogenated alkanes) is 2. The summed E-state index contributed by atoms with van der Waals surface area (Å²) in [6.07, 6.45) is 6.84. The molecule has 2 amide bonds. The molecule has 0 atom stereocenters. The fraction of sp³-hybridized carbons (Fsp3) is 0.704. The number of halogens is 4. The number of nitrogens with zero attached hydrogens (tertiary/aromatic N) is 2. The lowest BCUT2D eigenvalue weighted by atomic mass is 10.1. The van der Waals surface area contributed by atoms with Gasteiger partial charge in [0, 0.05) is 55.5 Å². The minimum Gasteiger partial charge on any atom is -0.420 e. The number of aliphatic imine (C=N–C) groups is 1. The molecule has 1 aromatic carbocycles. The number of esters is 1. The number of nitrogens with one attached hydrogen (secondary N) is 2. The van der Waals surface area contributed by atoms with Crippen LogP contribution in [0.25, 0.3) is 6.08 Å². The van der Waals surface area contributed by atoms with Crippen molar-refractivity contribution < 1.29 is 92.5 Å². The van der Waals surface area contributed by atoms with E-state index in [2.05, 4.69) is 19.8 Å². The molecular weight excluding hydrogens is 1110 g/mol. The molecule has 81 heavy (non-hydrogen) atoms. The van der Waals surface area contributed by atoms with E-state index in [0.717, 1.165) is 47.5 Å². The Labute approximate surface area is 478 Å². The van der Waals surface area contributed by atoms with Gasteiger partial charge in [-0.3, -0.25) is 14.4 Å². The molecule has 462 valence electrons. The van der Waals surface area contributed by atoms with Crippen LogP contribution in [0, 0.1) is 29.2 Å². The second kappa shape index (κ2) is 43.4. The maximum atomic E-state index is 13.7. The van der Waals surface area contributed by atoms with E-state index in [9.17, 15) is 40.4 Å². The van der Waals surface area contributed by atoms with Crippen LogP contribution in [0.5, 0.6) is 5.75 Å². The number of nitrogens with two attached hydrogens (primary N) is 1. The molecular formula is C54H85F4N5O16S2. The van der Waals surface area contributed by atoms with E-state index in [1.54, 1.807) is 16.2 Å². The summed E-state index contributed by atoms with van der Waals surface area (Å²) in [6, 6.07) is 2.05. The van der Waals surface area contributed by atoms with Gasteiger partial charge in [-0.1, -0.05) is 27.2 Å². The average molecular weight is 1200 g/mol. The number of hydrogen-bond donors (Lipinski definition) is 3. The molecule has 3 rings (SSSR count). The number of thiophene rings is 1. The van der Waals surface area contributed by atoms with Crippen molar-refractivity contribution in [2.75, 3.05) is 164 Å². The maximum Gasteiger partial charge on any atom is 0.313 e. The van der Waals surface area contributed by atoms with Gasteiger partial charge < -0.3 is 68.1 Å². The summed E-state index contributed by atoms with van der Waals surface area (Å²) in [5, 5.41) is 2.95. The van der Waals surface area contributed by atoms with Crippen LogP contribution in [0.2, 0.25) is 0 Å². The molecule has 1 aliphatic rings. The van der Waals surface area contributed by atoms with E-state index in [-0.39, 0.29) is 75.4 Å². The van der Waals surface area contributed by atoms with Gasteiger partial charge in [0.25, 0.3) is 0 Å². The minimum absolute atomic E-state index is 0.0139. The van der Waals surface area contributed by atoms with Gasteiger partial charge in [-0.05, 0) is 50.2 Å². The molecule has 0 saturated heterocycles. The Bertz CT molecular complexity index is 2260. The normalized spacial score (nSPS) is 12.6. The van der Waals surface area contributed by atoms with Crippen LogP contribution in [-0.2, 0) is 78.2 Å². The van der Waals surface area contributed by atoms with Gasteiger partial charge in [-0.25, -0.2) is 26.9 Å². The number of aryl methyl sites for hydroxylation is 1. The van der Waals surface area contributed by atoms with Gasteiger partial charge in [0.05, 0.1) is 155 Å². The summed E-state index contributed by atoms with van der Waals surface area (Å²) in [4.78, 5) is 46.1. The van der Waals surface area contributed by atoms with Gasteiger partial charge >= 0.3 is 5.97 Å². The number of amidine groups is 1. The number of carbonyl (C=O) groups is 3. The number of fused-ring (bicyclic) bond motifs is 1. The fourth-order valence-corrected chi connectivity index (χ4v) is 9.97. The Morgan fingerprint density at radius 1 is 0.654 bits per heavy atom. The number of carbonyl (C=O) groups excluding carboxylic acids is 3. The van der Waals surface area contributed by atoms with Crippen LogP contribution in [0.3, 0.4) is 0 Å². The Balaban J connectivity index is 1.02. The predicted octanol–water partition coefficient (Wildman–Crippen LogP) is 5.67. The zero-order valence-electron chi connectivity index (χ0n) is 47.2. The van der Waals surface area contributed by atoms with Crippen LogP contribution in [-0.4, -0.2) is 201 Å². The monoisotopic (exact) mass is 1200 g/mol. The van der Waals surface area contributed by atoms with E-state index in [1.165, 1.54) is 0 Å². The third kappa shape index (κ3) is 33.0. The average Bonchev–Trinajstić information content (AvgIpc) is 3.75. The van der Waals surface area contributed by atoms with Gasteiger partial charge in [-0.2, -0.15) is 8.78 Å². The Morgan fingerprint density at radius 2 is 1.14 bits per heavy atom. The SMILES string of the molecule is CCCN(CCCNS(=O)(=O)CC(C)C)C(=O)C1=Cc2sc(CCCCCNC(=O)CCOCCOCCOCCOCCOCCOCCOCCOCCOCCOCCC(=O)Oc3c(F)c(F)cc(F)c3F)cc2N=C(N)C1. The van der Waals surface area contributed by atoms with Crippen LogP contribution < -0.4 is 20.5 Å². The van der Waals surface area contributed by atoms with E-state index in [0.29, 0.717) is 143 Å². The van der Waals surface area contributed by atoms with E-state index in [1.807, 2.05) is 32.9 Å². The molecule has 0 radical (unpaired) electrons. The van der Waals surface area contributed by atoms with Gasteiger partial charge in [0.2, 0.25) is 39.2 Å². The summed E-state index contributed by atoms with van der Waals surface area (Å²) in [5.41, 5.74) is 7.61. The fourth-order valence-electron chi connectivity index (χ4n) is 7.40. The number of amides is 2. The Kier molecular flexibility index (Phi) is 38.1. The topological polar surface area (TPSA) is 253 Å². The number of rotatable bonds is 50. The largest absolute Gasteiger partial charge is 0.420 e. The van der Waals surface area contributed by atoms with Crippen LogP contribution in [0.15, 0.2) is 22.7 Å². The number of benzene rings is 1. The summed E-state index contributed by atoms with van der Waals surface area (Å²) in [6.45, 7) is 14.2. The molecule has 0 unspecified atom stereocenters. The highest BCUT2D eigenvalue weighted by Gasteiger charge is 2.24. The van der Waals surface area contributed by atoms with Gasteiger partial charge in [0.15, 0.2) is 11.6 Å². The lowest BCUT2D eigenvalue weighted by Crippen LogP contribution is -2.37. The van der Waals surface area contributed by atoms with Crippen molar-refractivity contribution in [3.8, 4) is 5.75 Å². The molecule has 4 N–H and O–H groups in total. The highest BCUT2D eigenvalue weighted by molar-refractivity contribution is 7.89. The van der Waals surface area contributed by atoms with Crippen LogP contribution >= 0.6 is 11.3 Å². The zero-order valence-corrected chi connectivity index (χ0v) is 48.8. The van der Waals surface area contributed by atoms with Crippen molar-refractivity contribution in [1.82, 2.24) is 14.9 Å². The lowest BCUT2D eigenvalue weighted by Gasteiger charge is -2.23. The molecule has 0 bridgehead atoms. The maximum absolute atomic E-state index is 13.7. The smallest absolute Gasteiger partial charge is 0.313 e. The summed E-state index contributed by atoms with van der Waals surface area (Å²) >= 11 is 1.61. The third-order valence-electron chi connectivity index (χ3n) is 11.2. The molecule has 0 saturated carbocycles. The zero-order chi connectivity index (χ0) is 58.9. The molecule has 1 aliphatic heterocycles. The first-order valence-corrected chi connectivity index (χ1v) is 30.1. The number of hydrogen-bond acceptors (Lipinski definition) is 19. The van der Waals surface area contributed by atoms with Gasteiger partial charge in [0.1, 0.15) is 5.84 Å². The summed E-state index contributed by atoms with van der Waals surface area (Å²) in [7, 11) is -3.35. The van der Waals surface area contributed by atoms with E-state index < -0.39 is 51.4 Å². The molecule has 2 aromatic rings. The highest BCUT2D eigenvalue weighted by atomic mass is 32.2. The van der Waals surface area contributed by atoms with Crippen LogP contribution in [0.4, 0.5) is 23.2 Å². The lowest BCUT2D eigenvalue weighted by molar-refractivity contribution is -0.136. The van der Waals surface area contributed by atoms with Crippen molar-refractivity contribution in [2.45, 2.75) is 78.6 Å². The highest BCUT2D eigenvalue weighted by Crippen LogP contribution is 2.36. The summed E-state index contributed by atoms with van der Waals surface area (Å²) < 4.78 is 139. The van der Waals surface area contributed by atoms with Crippen molar-refractivity contribution in [1.29, 1.82) is 0 Å². The Morgan fingerprint density at radius 3 is 1.62 bits per heavy atom. The Hall–Kier alpha value is -4.23. The van der Waals surface area contributed by atoms with Crippen LogP contribution in [0.1, 0.15) is 81.9 Å². The number of ether oxygens (including phenoxy) is 11. The van der Waals surface area contributed by atoms with Gasteiger partial charge in [-0.15, -0.1) is 11.3 Å². The first-order valence-electron chi connectivity index (χ1n) is 27.6. The van der Waals surface area contributed by atoms with E-state index in [4.69, 9.17) is 53.1 Å². The molecule has 0 fully saturated rings. The first kappa shape index (κ1) is 71.0. The van der Waals surface area contributed by atoms with Crippen molar-refractivity contribution >= 4 is 56.7 Å². The molecule has 21 nitrogen and oxygen atoms in total.